The first kappa shape index (κ1) is 19.0. The average Bonchev–Trinajstić information content (AvgIpc) is 3.26. The molecule has 1 fully saturated rings. The van der Waals surface area contributed by atoms with Crippen molar-refractivity contribution < 1.29 is 13.2 Å². The lowest BCUT2D eigenvalue weighted by Crippen LogP contribution is -2.40. The fourth-order valence-electron chi connectivity index (χ4n) is 3.18. The maximum atomic E-state index is 13.3. The first-order valence-electron chi connectivity index (χ1n) is 8.50. The third kappa shape index (κ3) is 3.97. The van der Waals surface area contributed by atoms with Crippen LogP contribution in [0.1, 0.15) is 35.2 Å². The van der Waals surface area contributed by atoms with Crippen molar-refractivity contribution in [1.29, 1.82) is 0 Å². The number of sulfonamides is 1. The van der Waals surface area contributed by atoms with Crippen molar-refractivity contribution in [3.63, 3.8) is 0 Å². The fraction of sp³-hybridized carbons (Fsp3) is 0.444. The van der Waals surface area contributed by atoms with E-state index < -0.39 is 10.0 Å². The smallest absolute Gasteiger partial charge is 0.244 e. The summed E-state index contributed by atoms with van der Waals surface area (Å²) in [5.41, 5.74) is 3.27. The molecule has 1 aromatic carbocycles. The van der Waals surface area contributed by atoms with Crippen molar-refractivity contribution in [2.24, 2.45) is 0 Å². The molecule has 3 rings (SSSR count). The molecule has 0 spiro atoms. The molecule has 8 heteroatoms. The summed E-state index contributed by atoms with van der Waals surface area (Å²) in [6.07, 6.45) is 1.57. The molecule has 0 radical (unpaired) electrons. The summed E-state index contributed by atoms with van der Waals surface area (Å²) in [5, 5.41) is 5.03. The number of anilines is 1. The van der Waals surface area contributed by atoms with Crippen LogP contribution in [0.5, 0.6) is 0 Å². The monoisotopic (exact) mass is 393 g/mol. The predicted molar refractivity (Wildman–Crippen MR) is 103 cm³/mol. The van der Waals surface area contributed by atoms with Crippen LogP contribution in [0, 0.1) is 27.7 Å². The molecule has 0 bridgehead atoms. The Morgan fingerprint density at radius 1 is 1.23 bits per heavy atom. The number of nitrogens with one attached hydrogen (secondary N) is 1. The van der Waals surface area contributed by atoms with E-state index >= 15 is 0 Å². The summed E-state index contributed by atoms with van der Waals surface area (Å²) < 4.78 is 27.9. The van der Waals surface area contributed by atoms with Gasteiger partial charge in [0.15, 0.2) is 5.13 Å². The Labute approximate surface area is 158 Å². The van der Waals surface area contributed by atoms with Gasteiger partial charge in [0.05, 0.1) is 17.1 Å². The van der Waals surface area contributed by atoms with Gasteiger partial charge in [0, 0.05) is 11.4 Å². The molecule has 26 heavy (non-hydrogen) atoms. The number of hydrogen-bond donors (Lipinski definition) is 1. The van der Waals surface area contributed by atoms with Gasteiger partial charge >= 0.3 is 0 Å². The van der Waals surface area contributed by atoms with Crippen molar-refractivity contribution in [2.45, 2.75) is 51.5 Å². The van der Waals surface area contributed by atoms with Crippen molar-refractivity contribution in [2.75, 3.05) is 11.9 Å². The maximum Gasteiger partial charge on any atom is 0.244 e. The van der Waals surface area contributed by atoms with E-state index in [-0.39, 0.29) is 18.5 Å². The molecule has 0 saturated heterocycles. The van der Waals surface area contributed by atoms with Gasteiger partial charge in [-0.05, 0) is 51.7 Å². The minimum absolute atomic E-state index is 0.108. The van der Waals surface area contributed by atoms with Crippen molar-refractivity contribution in [1.82, 2.24) is 9.29 Å². The van der Waals surface area contributed by atoms with Crippen molar-refractivity contribution in [3.05, 3.63) is 39.9 Å². The van der Waals surface area contributed by atoms with Crippen LogP contribution in [-0.2, 0) is 14.8 Å². The van der Waals surface area contributed by atoms with E-state index in [9.17, 15) is 13.2 Å². The Morgan fingerprint density at radius 3 is 2.35 bits per heavy atom. The van der Waals surface area contributed by atoms with Crippen LogP contribution in [-0.4, -0.2) is 36.2 Å². The zero-order valence-corrected chi connectivity index (χ0v) is 17.0. The summed E-state index contributed by atoms with van der Waals surface area (Å²) in [6.45, 7) is 7.19. The van der Waals surface area contributed by atoms with Crippen LogP contribution >= 0.6 is 11.3 Å². The Hall–Kier alpha value is -1.77. The highest BCUT2D eigenvalue weighted by atomic mass is 32.2. The van der Waals surface area contributed by atoms with Crippen LogP contribution in [0.25, 0.3) is 0 Å². The molecular formula is C18H23N3O3S2. The van der Waals surface area contributed by atoms with Gasteiger partial charge in [0.2, 0.25) is 15.9 Å². The second-order valence-corrected chi connectivity index (χ2v) is 9.54. The predicted octanol–water partition coefficient (Wildman–Crippen LogP) is 3.17. The van der Waals surface area contributed by atoms with Gasteiger partial charge in [-0.25, -0.2) is 13.4 Å². The Kier molecular flexibility index (Phi) is 5.18. The molecule has 1 saturated carbocycles. The van der Waals surface area contributed by atoms with Gasteiger partial charge in [-0.15, -0.1) is 11.3 Å². The van der Waals surface area contributed by atoms with Crippen LogP contribution in [0.3, 0.4) is 0 Å². The van der Waals surface area contributed by atoms with E-state index in [4.69, 9.17) is 0 Å². The number of aromatic nitrogens is 1. The van der Waals surface area contributed by atoms with E-state index in [1.165, 1.54) is 15.6 Å². The minimum Gasteiger partial charge on any atom is -0.301 e. The van der Waals surface area contributed by atoms with Crippen LogP contribution in [0.15, 0.2) is 22.4 Å². The fourth-order valence-corrected chi connectivity index (χ4v) is 5.94. The Bertz CT molecular complexity index is 923. The number of thiazole rings is 1. The molecular weight excluding hydrogens is 370 g/mol. The van der Waals surface area contributed by atoms with E-state index in [1.54, 1.807) is 13.8 Å². The first-order valence-corrected chi connectivity index (χ1v) is 10.8. The summed E-state index contributed by atoms with van der Waals surface area (Å²) in [7, 11) is -3.74. The summed E-state index contributed by atoms with van der Waals surface area (Å²) >= 11 is 1.33. The lowest BCUT2D eigenvalue weighted by atomic mass is 10.1. The molecule has 1 aromatic heterocycles. The minimum atomic E-state index is -3.74. The Balaban J connectivity index is 1.86. The molecule has 0 unspecified atom stereocenters. The van der Waals surface area contributed by atoms with Crippen molar-refractivity contribution >= 4 is 32.4 Å². The number of rotatable bonds is 6. The third-order valence-electron chi connectivity index (χ3n) is 4.29. The second-order valence-electron chi connectivity index (χ2n) is 6.85. The highest BCUT2D eigenvalue weighted by molar-refractivity contribution is 7.89. The van der Waals surface area contributed by atoms with Gasteiger partial charge in [0.25, 0.3) is 0 Å². The first-order chi connectivity index (χ1) is 12.2. The molecule has 6 nitrogen and oxygen atoms in total. The SMILES string of the molecule is Cc1cc(C)c(S(=O)(=O)N(CC(=O)Nc2nc(C)cs2)C2CC2)c(C)c1. The number of hydrogen-bond acceptors (Lipinski definition) is 5. The number of aryl methyl sites for hydroxylation is 4. The zero-order chi connectivity index (χ0) is 19.1. The van der Waals surface area contributed by atoms with E-state index in [0.717, 1.165) is 24.1 Å². The summed E-state index contributed by atoms with van der Waals surface area (Å²) in [4.78, 5) is 16.9. The molecule has 0 atom stereocenters. The number of carbonyl (C=O) groups is 1. The highest BCUT2D eigenvalue weighted by Crippen LogP contribution is 2.34. The van der Waals surface area contributed by atoms with Gasteiger partial charge in [-0.3, -0.25) is 4.79 Å². The molecule has 1 aliphatic carbocycles. The quantitative estimate of drug-likeness (QED) is 0.817. The van der Waals surface area contributed by atoms with Gasteiger partial charge in [0.1, 0.15) is 0 Å². The standard InChI is InChI=1S/C18H23N3O3S2/c1-11-7-12(2)17(13(3)8-11)26(23,24)21(15-5-6-15)9-16(22)20-18-19-14(4)10-25-18/h7-8,10,15H,5-6,9H2,1-4H3,(H,19,20,22). The molecule has 140 valence electrons. The number of amides is 1. The number of carbonyl (C=O) groups excluding carboxylic acids is 1. The van der Waals surface area contributed by atoms with E-state index in [0.29, 0.717) is 21.2 Å². The normalized spacial score (nSPS) is 14.7. The van der Waals surface area contributed by atoms with Crippen molar-refractivity contribution in [3.8, 4) is 0 Å². The Morgan fingerprint density at radius 2 is 1.85 bits per heavy atom. The zero-order valence-electron chi connectivity index (χ0n) is 15.4. The largest absolute Gasteiger partial charge is 0.301 e. The van der Waals surface area contributed by atoms with Crippen LogP contribution in [0.4, 0.5) is 5.13 Å². The average molecular weight is 394 g/mol. The number of nitrogens with zero attached hydrogens (tertiary/aromatic N) is 2. The van der Waals surface area contributed by atoms with E-state index in [1.807, 2.05) is 31.4 Å². The molecule has 1 N–H and O–H groups in total. The lowest BCUT2D eigenvalue weighted by molar-refractivity contribution is -0.116. The van der Waals surface area contributed by atoms with E-state index in [2.05, 4.69) is 10.3 Å². The topological polar surface area (TPSA) is 79.4 Å². The maximum absolute atomic E-state index is 13.3. The lowest BCUT2D eigenvalue weighted by Gasteiger charge is -2.23. The van der Waals surface area contributed by atoms with Gasteiger partial charge < -0.3 is 5.32 Å². The summed E-state index contributed by atoms with van der Waals surface area (Å²) in [6, 6.07) is 3.62. The molecule has 1 heterocycles. The molecule has 0 aliphatic heterocycles. The number of benzene rings is 1. The third-order valence-corrected chi connectivity index (χ3v) is 7.37. The molecule has 2 aromatic rings. The van der Waals surface area contributed by atoms with Gasteiger partial charge in [-0.2, -0.15) is 4.31 Å². The molecule has 1 aliphatic rings. The summed E-state index contributed by atoms with van der Waals surface area (Å²) in [5.74, 6) is -0.364. The highest BCUT2D eigenvalue weighted by Gasteiger charge is 2.40. The van der Waals surface area contributed by atoms with Crippen LogP contribution in [0.2, 0.25) is 0 Å². The molecule has 1 amide bonds. The van der Waals surface area contributed by atoms with Gasteiger partial charge in [-0.1, -0.05) is 17.7 Å². The van der Waals surface area contributed by atoms with Crippen LogP contribution < -0.4 is 5.32 Å². The second kappa shape index (κ2) is 7.09.